The van der Waals surface area contributed by atoms with Crippen LogP contribution in [0.5, 0.6) is 0 Å². The first-order chi connectivity index (χ1) is 4.46. The van der Waals surface area contributed by atoms with Crippen LogP contribution in [0.1, 0.15) is 20.8 Å². The lowest BCUT2D eigenvalue weighted by Crippen LogP contribution is -2.17. The highest BCUT2D eigenvalue weighted by atomic mass is 35.5. The van der Waals surface area contributed by atoms with Crippen molar-refractivity contribution in [1.82, 2.24) is 0 Å². The van der Waals surface area contributed by atoms with Gasteiger partial charge >= 0.3 is 0 Å². The molecule has 1 rings (SSSR count). The van der Waals surface area contributed by atoms with Gasteiger partial charge < -0.3 is 5.11 Å². The molecule has 10 heavy (non-hydrogen) atoms. The maximum Gasteiger partial charge on any atom is 0.120 e. The van der Waals surface area contributed by atoms with Crippen molar-refractivity contribution >= 4 is 11.6 Å². The average molecular weight is 159 g/mol. The predicted octanol–water partition coefficient (Wildman–Crippen LogP) is 2.78. The SMILES string of the molecule is CC1=CC(C)=C(O)C1(C)Cl. The van der Waals surface area contributed by atoms with Crippen molar-refractivity contribution in [3.8, 4) is 0 Å². The van der Waals surface area contributed by atoms with Crippen molar-refractivity contribution in [1.29, 1.82) is 0 Å². The van der Waals surface area contributed by atoms with Crippen LogP contribution in [0.3, 0.4) is 0 Å². The first kappa shape index (κ1) is 7.67. The van der Waals surface area contributed by atoms with Gasteiger partial charge in [-0.25, -0.2) is 0 Å². The van der Waals surface area contributed by atoms with Crippen LogP contribution in [-0.4, -0.2) is 9.98 Å². The van der Waals surface area contributed by atoms with Crippen LogP contribution in [0.25, 0.3) is 0 Å². The Hall–Kier alpha value is -0.430. The minimum absolute atomic E-state index is 0.284. The number of alkyl halides is 1. The molecule has 0 heterocycles. The fraction of sp³-hybridized carbons (Fsp3) is 0.500. The van der Waals surface area contributed by atoms with Gasteiger partial charge in [0.2, 0.25) is 0 Å². The van der Waals surface area contributed by atoms with E-state index < -0.39 is 4.87 Å². The Morgan fingerprint density at radius 2 is 2.00 bits per heavy atom. The van der Waals surface area contributed by atoms with Crippen molar-refractivity contribution in [3.63, 3.8) is 0 Å². The van der Waals surface area contributed by atoms with Gasteiger partial charge in [0.05, 0.1) is 0 Å². The maximum atomic E-state index is 9.39. The molecule has 0 saturated carbocycles. The fourth-order valence-corrected chi connectivity index (χ4v) is 1.29. The fourth-order valence-electron chi connectivity index (χ4n) is 1.09. The van der Waals surface area contributed by atoms with Crippen LogP contribution in [0.4, 0.5) is 0 Å². The third-order valence-corrected chi connectivity index (χ3v) is 2.47. The van der Waals surface area contributed by atoms with E-state index >= 15 is 0 Å². The highest BCUT2D eigenvalue weighted by Gasteiger charge is 2.33. The van der Waals surface area contributed by atoms with Crippen LogP contribution in [0, 0.1) is 0 Å². The van der Waals surface area contributed by atoms with Crippen molar-refractivity contribution in [3.05, 3.63) is 23.0 Å². The molecular formula is C8H11ClO. The summed E-state index contributed by atoms with van der Waals surface area (Å²) in [6, 6.07) is 0. The monoisotopic (exact) mass is 158 g/mol. The third-order valence-electron chi connectivity index (χ3n) is 1.99. The van der Waals surface area contributed by atoms with Crippen molar-refractivity contribution in [2.45, 2.75) is 25.6 Å². The van der Waals surface area contributed by atoms with Crippen LogP contribution >= 0.6 is 11.6 Å². The van der Waals surface area contributed by atoms with E-state index in [1.165, 1.54) is 0 Å². The molecule has 0 amide bonds. The number of rotatable bonds is 0. The molecule has 0 aromatic rings. The molecule has 0 bridgehead atoms. The van der Waals surface area contributed by atoms with E-state index in [4.69, 9.17) is 11.6 Å². The van der Waals surface area contributed by atoms with Crippen LogP contribution in [0.15, 0.2) is 23.0 Å². The molecule has 1 aliphatic carbocycles. The van der Waals surface area contributed by atoms with Crippen molar-refractivity contribution in [2.75, 3.05) is 0 Å². The molecule has 1 N–H and O–H groups in total. The van der Waals surface area contributed by atoms with Gasteiger partial charge in [0.25, 0.3) is 0 Å². The molecule has 1 unspecified atom stereocenters. The molecule has 1 aliphatic rings. The first-order valence-electron chi connectivity index (χ1n) is 3.24. The summed E-state index contributed by atoms with van der Waals surface area (Å²) >= 11 is 5.99. The summed E-state index contributed by atoms with van der Waals surface area (Å²) in [5.74, 6) is 0.284. The topological polar surface area (TPSA) is 20.2 Å². The zero-order valence-electron chi connectivity index (χ0n) is 6.40. The second kappa shape index (κ2) is 2.03. The second-order valence-corrected chi connectivity index (χ2v) is 3.62. The van der Waals surface area contributed by atoms with E-state index in [0.29, 0.717) is 0 Å². The van der Waals surface area contributed by atoms with Gasteiger partial charge in [0.15, 0.2) is 0 Å². The third kappa shape index (κ3) is 0.853. The van der Waals surface area contributed by atoms with Crippen LogP contribution in [0.2, 0.25) is 0 Å². The molecule has 1 nitrogen and oxygen atoms in total. The standard InChI is InChI=1S/C8H11ClO/c1-5-4-6(2)8(3,9)7(5)10/h4,10H,1-3H3. The molecule has 1 atom stereocenters. The summed E-state index contributed by atoms with van der Waals surface area (Å²) in [4.78, 5) is -0.649. The molecule has 0 fully saturated rings. The smallest absolute Gasteiger partial charge is 0.120 e. The van der Waals surface area contributed by atoms with E-state index in [1.807, 2.05) is 19.9 Å². The number of allylic oxidation sites excluding steroid dienone is 3. The predicted molar refractivity (Wildman–Crippen MR) is 43.3 cm³/mol. The summed E-state index contributed by atoms with van der Waals surface area (Å²) in [6.45, 7) is 5.57. The number of hydrogen-bond acceptors (Lipinski definition) is 1. The molecule has 0 saturated heterocycles. The highest BCUT2D eigenvalue weighted by molar-refractivity contribution is 6.27. The van der Waals surface area contributed by atoms with E-state index in [9.17, 15) is 5.11 Å². The minimum Gasteiger partial charge on any atom is -0.510 e. The average Bonchev–Trinajstić information content (AvgIpc) is 1.97. The lowest BCUT2D eigenvalue weighted by Gasteiger charge is -2.17. The van der Waals surface area contributed by atoms with E-state index in [-0.39, 0.29) is 5.76 Å². The van der Waals surface area contributed by atoms with Gasteiger partial charge in [-0.3, -0.25) is 0 Å². The molecule has 2 heteroatoms. The molecule has 0 radical (unpaired) electrons. The quantitative estimate of drug-likeness (QED) is 0.538. The van der Waals surface area contributed by atoms with E-state index in [1.54, 1.807) is 6.92 Å². The van der Waals surface area contributed by atoms with Crippen molar-refractivity contribution in [2.24, 2.45) is 0 Å². The summed E-state index contributed by atoms with van der Waals surface area (Å²) in [6.07, 6.45) is 1.91. The largest absolute Gasteiger partial charge is 0.510 e. The van der Waals surface area contributed by atoms with Gasteiger partial charge in [-0.15, -0.1) is 11.6 Å². The molecule has 56 valence electrons. The Kier molecular flexibility index (Phi) is 1.55. The number of aliphatic hydroxyl groups excluding tert-OH is 1. The Morgan fingerprint density at radius 1 is 1.50 bits per heavy atom. The van der Waals surface area contributed by atoms with Crippen LogP contribution in [-0.2, 0) is 0 Å². The summed E-state index contributed by atoms with van der Waals surface area (Å²) in [5.41, 5.74) is 1.87. The first-order valence-corrected chi connectivity index (χ1v) is 3.62. The lowest BCUT2D eigenvalue weighted by molar-refractivity contribution is 0.371. The Morgan fingerprint density at radius 3 is 2.10 bits per heavy atom. The van der Waals surface area contributed by atoms with E-state index in [0.717, 1.165) is 11.1 Å². The van der Waals surface area contributed by atoms with Gasteiger partial charge in [-0.05, 0) is 31.9 Å². The maximum absolute atomic E-state index is 9.39. The minimum atomic E-state index is -0.649. The lowest BCUT2D eigenvalue weighted by atomic mass is 10.1. The Labute approximate surface area is 66.0 Å². The normalized spacial score (nSPS) is 33.0. The van der Waals surface area contributed by atoms with E-state index in [2.05, 4.69) is 0 Å². The molecule has 0 aromatic heterocycles. The summed E-state index contributed by atoms with van der Waals surface area (Å²) in [5, 5.41) is 9.39. The van der Waals surface area contributed by atoms with Gasteiger partial charge in [-0.2, -0.15) is 0 Å². The molecule has 0 aliphatic heterocycles. The molecular weight excluding hydrogens is 148 g/mol. The number of hydrogen-bond donors (Lipinski definition) is 1. The van der Waals surface area contributed by atoms with Gasteiger partial charge in [0, 0.05) is 0 Å². The van der Waals surface area contributed by atoms with Gasteiger partial charge in [0.1, 0.15) is 10.6 Å². The zero-order valence-corrected chi connectivity index (χ0v) is 7.16. The Bertz CT molecular complexity index is 223. The molecule has 0 aromatic carbocycles. The zero-order chi connectivity index (χ0) is 7.94. The number of halogens is 1. The Balaban J connectivity index is 3.11. The summed E-state index contributed by atoms with van der Waals surface area (Å²) < 4.78 is 0. The van der Waals surface area contributed by atoms with Crippen molar-refractivity contribution < 1.29 is 5.11 Å². The second-order valence-electron chi connectivity index (χ2n) is 2.86. The molecule has 0 spiro atoms. The summed E-state index contributed by atoms with van der Waals surface area (Å²) in [7, 11) is 0. The van der Waals surface area contributed by atoms with Crippen LogP contribution < -0.4 is 0 Å². The number of aliphatic hydroxyl groups is 1. The van der Waals surface area contributed by atoms with Gasteiger partial charge in [-0.1, -0.05) is 6.08 Å². The highest BCUT2D eigenvalue weighted by Crippen LogP contribution is 2.38.